The Hall–Kier alpha value is -1.07. The van der Waals surface area contributed by atoms with Crippen LogP contribution in [0.4, 0.5) is 5.69 Å². The van der Waals surface area contributed by atoms with E-state index in [0.717, 1.165) is 0 Å². The standard InChI is InChI=1S/C7H9NO3S/c1-8(12(9,10)11)7-5-3-2-4-6-7/h2-6H,1H3,(H,9,10,11)/p-1. The summed E-state index contributed by atoms with van der Waals surface area (Å²) in [4.78, 5) is 0. The van der Waals surface area contributed by atoms with Gasteiger partial charge in [0.15, 0.2) is 10.3 Å². The van der Waals surface area contributed by atoms with Crippen molar-refractivity contribution in [2.75, 3.05) is 11.4 Å². The van der Waals surface area contributed by atoms with Crippen molar-refractivity contribution in [2.24, 2.45) is 0 Å². The van der Waals surface area contributed by atoms with Crippen LogP contribution in [0, 0.1) is 0 Å². The number of rotatable bonds is 2. The fraction of sp³-hybridized carbons (Fsp3) is 0.143. The van der Waals surface area contributed by atoms with E-state index in [4.69, 9.17) is 0 Å². The van der Waals surface area contributed by atoms with Crippen LogP contribution in [0.1, 0.15) is 0 Å². The number of nitrogens with zero attached hydrogens (tertiary/aromatic N) is 1. The van der Waals surface area contributed by atoms with Crippen LogP contribution in [-0.2, 0) is 10.3 Å². The van der Waals surface area contributed by atoms with Gasteiger partial charge >= 0.3 is 0 Å². The van der Waals surface area contributed by atoms with E-state index in [1.54, 1.807) is 30.3 Å². The predicted molar refractivity (Wildman–Crippen MR) is 44.5 cm³/mol. The van der Waals surface area contributed by atoms with Crippen LogP contribution < -0.4 is 4.31 Å². The minimum Gasteiger partial charge on any atom is -0.731 e. The van der Waals surface area contributed by atoms with Crippen molar-refractivity contribution in [3.63, 3.8) is 0 Å². The molecule has 0 radical (unpaired) electrons. The Morgan fingerprint density at radius 2 is 1.75 bits per heavy atom. The molecule has 0 spiro atoms. The molecule has 1 aromatic carbocycles. The molecule has 0 heterocycles. The number of para-hydroxylation sites is 1. The lowest BCUT2D eigenvalue weighted by Gasteiger charge is -2.21. The Morgan fingerprint density at radius 1 is 1.25 bits per heavy atom. The largest absolute Gasteiger partial charge is 0.731 e. The molecule has 1 aromatic rings. The first kappa shape index (κ1) is 9.02. The Balaban J connectivity index is 3.02. The van der Waals surface area contributed by atoms with E-state index in [1.807, 2.05) is 0 Å². The van der Waals surface area contributed by atoms with Crippen LogP contribution in [0.5, 0.6) is 0 Å². The van der Waals surface area contributed by atoms with E-state index in [2.05, 4.69) is 0 Å². The molecule has 0 saturated carbocycles. The molecule has 0 saturated heterocycles. The Bertz CT molecular complexity index is 346. The van der Waals surface area contributed by atoms with Gasteiger partial charge in [-0.1, -0.05) is 18.2 Å². The smallest absolute Gasteiger partial charge is 0.184 e. The summed E-state index contributed by atoms with van der Waals surface area (Å²) in [6.07, 6.45) is 0. The number of benzene rings is 1. The van der Waals surface area contributed by atoms with Crippen LogP contribution >= 0.6 is 0 Å². The maximum atomic E-state index is 10.5. The predicted octanol–water partition coefficient (Wildman–Crippen LogP) is 0.583. The van der Waals surface area contributed by atoms with E-state index in [1.165, 1.54) is 7.05 Å². The van der Waals surface area contributed by atoms with Gasteiger partial charge in [-0.25, -0.2) is 8.42 Å². The monoisotopic (exact) mass is 186 g/mol. The molecule has 1 rings (SSSR count). The highest BCUT2D eigenvalue weighted by molar-refractivity contribution is 7.87. The Morgan fingerprint density at radius 3 is 2.17 bits per heavy atom. The van der Waals surface area contributed by atoms with E-state index < -0.39 is 10.3 Å². The lowest BCUT2D eigenvalue weighted by Crippen LogP contribution is -2.25. The van der Waals surface area contributed by atoms with Gasteiger partial charge in [0, 0.05) is 7.05 Å². The molecular weight excluding hydrogens is 178 g/mol. The van der Waals surface area contributed by atoms with Gasteiger partial charge in [-0.2, -0.15) is 0 Å². The summed E-state index contributed by atoms with van der Waals surface area (Å²) < 4.78 is 32.2. The van der Waals surface area contributed by atoms with Gasteiger partial charge in [0.1, 0.15) is 0 Å². The highest BCUT2D eigenvalue weighted by atomic mass is 32.2. The van der Waals surface area contributed by atoms with Crippen molar-refractivity contribution in [3.8, 4) is 0 Å². The normalized spacial score (nSPS) is 11.2. The first-order valence-electron chi connectivity index (χ1n) is 3.26. The quantitative estimate of drug-likeness (QED) is 0.635. The second-order valence-corrected chi connectivity index (χ2v) is 3.66. The van der Waals surface area contributed by atoms with Crippen molar-refractivity contribution in [1.82, 2.24) is 0 Å². The highest BCUT2D eigenvalue weighted by Crippen LogP contribution is 2.12. The molecule has 66 valence electrons. The summed E-state index contributed by atoms with van der Waals surface area (Å²) in [5, 5.41) is 0. The van der Waals surface area contributed by atoms with Gasteiger partial charge in [0.25, 0.3) is 0 Å². The zero-order valence-corrected chi connectivity index (χ0v) is 7.28. The van der Waals surface area contributed by atoms with Crippen LogP contribution in [0.2, 0.25) is 0 Å². The van der Waals surface area contributed by atoms with Crippen molar-refractivity contribution in [3.05, 3.63) is 30.3 Å². The maximum Gasteiger partial charge on any atom is 0.184 e. The fourth-order valence-electron chi connectivity index (χ4n) is 0.767. The number of hydrogen-bond acceptors (Lipinski definition) is 3. The van der Waals surface area contributed by atoms with Crippen LogP contribution in [0.3, 0.4) is 0 Å². The molecule has 0 aliphatic carbocycles. The third kappa shape index (κ3) is 1.96. The summed E-state index contributed by atoms with van der Waals surface area (Å²) in [5.74, 6) is 0. The van der Waals surface area contributed by atoms with Gasteiger partial charge in [-0.15, -0.1) is 0 Å². The van der Waals surface area contributed by atoms with E-state index in [9.17, 15) is 13.0 Å². The molecule has 0 aliphatic rings. The van der Waals surface area contributed by atoms with E-state index >= 15 is 0 Å². The molecule has 0 amide bonds. The number of anilines is 1. The molecule has 5 heteroatoms. The molecule has 0 atom stereocenters. The fourth-order valence-corrected chi connectivity index (χ4v) is 1.15. The Labute approximate surface area is 71.3 Å². The van der Waals surface area contributed by atoms with Crippen molar-refractivity contribution < 1.29 is 13.0 Å². The lowest BCUT2D eigenvalue weighted by atomic mass is 10.3. The summed E-state index contributed by atoms with van der Waals surface area (Å²) in [5.41, 5.74) is 0.368. The molecule has 0 fully saturated rings. The SMILES string of the molecule is CN(c1ccccc1)S(=O)(=O)[O-]. The minimum atomic E-state index is -4.37. The van der Waals surface area contributed by atoms with E-state index in [0.29, 0.717) is 9.99 Å². The van der Waals surface area contributed by atoms with Gasteiger partial charge < -0.3 is 4.55 Å². The van der Waals surface area contributed by atoms with Crippen molar-refractivity contribution in [1.29, 1.82) is 0 Å². The molecule has 4 nitrogen and oxygen atoms in total. The van der Waals surface area contributed by atoms with Gasteiger partial charge in [0.05, 0.1) is 5.69 Å². The first-order valence-corrected chi connectivity index (χ1v) is 4.63. The maximum absolute atomic E-state index is 10.5. The lowest BCUT2D eigenvalue weighted by molar-refractivity contribution is 0.461. The molecule has 0 N–H and O–H groups in total. The van der Waals surface area contributed by atoms with Gasteiger partial charge in [-0.3, -0.25) is 4.31 Å². The molecule has 0 aromatic heterocycles. The first-order chi connectivity index (χ1) is 5.52. The second-order valence-electron chi connectivity index (χ2n) is 2.26. The zero-order chi connectivity index (χ0) is 9.19. The van der Waals surface area contributed by atoms with Crippen molar-refractivity contribution in [2.45, 2.75) is 0 Å². The van der Waals surface area contributed by atoms with Crippen LogP contribution in [0.15, 0.2) is 30.3 Å². The molecular formula is C7H8NO3S-. The molecule has 0 unspecified atom stereocenters. The zero-order valence-electron chi connectivity index (χ0n) is 6.47. The van der Waals surface area contributed by atoms with E-state index in [-0.39, 0.29) is 0 Å². The average Bonchev–Trinajstić information content (AvgIpc) is 2.03. The van der Waals surface area contributed by atoms with Gasteiger partial charge in [-0.05, 0) is 12.1 Å². The molecule has 0 bridgehead atoms. The summed E-state index contributed by atoms with van der Waals surface area (Å²) in [6, 6.07) is 8.17. The van der Waals surface area contributed by atoms with Gasteiger partial charge in [0.2, 0.25) is 0 Å². The molecule has 12 heavy (non-hydrogen) atoms. The summed E-state index contributed by atoms with van der Waals surface area (Å²) >= 11 is 0. The summed E-state index contributed by atoms with van der Waals surface area (Å²) in [7, 11) is -3.15. The van der Waals surface area contributed by atoms with Crippen LogP contribution in [-0.4, -0.2) is 20.0 Å². The highest BCUT2D eigenvalue weighted by Gasteiger charge is 2.04. The third-order valence-electron chi connectivity index (χ3n) is 1.46. The minimum absolute atomic E-state index is 0.368. The van der Waals surface area contributed by atoms with Crippen molar-refractivity contribution >= 4 is 16.0 Å². The topological polar surface area (TPSA) is 60.4 Å². The molecule has 0 aliphatic heterocycles. The second kappa shape index (κ2) is 3.12. The third-order valence-corrected chi connectivity index (χ3v) is 2.34. The average molecular weight is 186 g/mol. The van der Waals surface area contributed by atoms with Crippen LogP contribution in [0.25, 0.3) is 0 Å². The Kier molecular flexibility index (Phi) is 2.35. The summed E-state index contributed by atoms with van der Waals surface area (Å²) in [6.45, 7) is 0. The number of hydrogen-bond donors (Lipinski definition) is 0.